The smallest absolute Gasteiger partial charge is 0.399 e. The van der Waals surface area contributed by atoms with Crippen molar-refractivity contribution in [3.05, 3.63) is 188 Å². The molecule has 1 aliphatic heterocycles. The Hall–Kier alpha value is -5.92. The third-order valence-electron chi connectivity index (χ3n) is 11.7. The van der Waals surface area contributed by atoms with Gasteiger partial charge in [-0.3, -0.25) is 4.98 Å². The number of rotatable bonds is 8. The summed E-state index contributed by atoms with van der Waals surface area (Å²) >= 11 is 0. The lowest BCUT2D eigenvalue weighted by atomic mass is 9.79. The van der Waals surface area contributed by atoms with Gasteiger partial charge in [0.1, 0.15) is 0 Å². The fourth-order valence-electron chi connectivity index (χ4n) is 8.04. The van der Waals surface area contributed by atoms with E-state index < -0.39 is 26.4 Å². The zero-order valence-corrected chi connectivity index (χ0v) is 33.2. The van der Waals surface area contributed by atoms with Crippen LogP contribution in [0.1, 0.15) is 27.7 Å². The first-order valence-electron chi connectivity index (χ1n) is 19.3. The summed E-state index contributed by atoms with van der Waals surface area (Å²) in [6, 6.07) is 65.3. The fourth-order valence-corrected chi connectivity index (χ4v) is 12.8. The Labute approximate surface area is 331 Å². The third kappa shape index (κ3) is 6.30. The summed E-state index contributed by atoms with van der Waals surface area (Å²) < 4.78 is 13.2. The van der Waals surface area contributed by atoms with Crippen molar-refractivity contribution in [3.63, 3.8) is 0 Å². The standard InChI is InChI=1S/C50H43BN2O2Si/c1-49(2)50(3,4)55-51(54-49)41-21-16-26-45(34-41)56(42-22-10-6-11-23-42,43-24-12-7-13-25-43)44-31-29-37(30-32-44)46-35-52-47(48(53-46)38-18-8-5-9-19-38)40-28-27-36-17-14-15-20-39(36)33-40/h5-35H,1-4H3. The number of hydrogen-bond donors (Lipinski definition) is 0. The second-order valence-corrected chi connectivity index (χ2v) is 19.5. The lowest BCUT2D eigenvalue weighted by molar-refractivity contribution is 0.00578. The number of nitrogens with zero attached hydrogens (tertiary/aromatic N) is 2. The van der Waals surface area contributed by atoms with E-state index in [1.165, 1.54) is 31.5 Å². The van der Waals surface area contributed by atoms with Gasteiger partial charge >= 0.3 is 7.12 Å². The van der Waals surface area contributed by atoms with E-state index in [-0.39, 0.29) is 0 Å². The van der Waals surface area contributed by atoms with E-state index in [9.17, 15) is 0 Å². The number of aromatic nitrogens is 2. The van der Waals surface area contributed by atoms with E-state index in [4.69, 9.17) is 19.3 Å². The first kappa shape index (κ1) is 35.8. The largest absolute Gasteiger partial charge is 0.494 e. The predicted molar refractivity (Wildman–Crippen MR) is 235 cm³/mol. The molecule has 0 unspecified atom stereocenters. The maximum absolute atomic E-state index is 6.58. The summed E-state index contributed by atoms with van der Waals surface area (Å²) in [6.07, 6.45) is 1.92. The second kappa shape index (κ2) is 14.3. The van der Waals surface area contributed by atoms with Gasteiger partial charge in [0, 0.05) is 16.7 Å². The number of hydrogen-bond acceptors (Lipinski definition) is 4. The van der Waals surface area contributed by atoms with Gasteiger partial charge in [0.15, 0.2) is 8.07 Å². The molecule has 1 aliphatic rings. The topological polar surface area (TPSA) is 44.2 Å². The average molecular weight is 743 g/mol. The molecule has 0 saturated carbocycles. The summed E-state index contributed by atoms with van der Waals surface area (Å²) in [7, 11) is -3.33. The van der Waals surface area contributed by atoms with E-state index in [0.717, 1.165) is 39.2 Å². The number of benzene rings is 7. The van der Waals surface area contributed by atoms with Gasteiger partial charge < -0.3 is 9.31 Å². The molecule has 2 heterocycles. The van der Waals surface area contributed by atoms with Crippen LogP contribution in [0.25, 0.3) is 44.5 Å². The molecule has 0 bridgehead atoms. The molecule has 0 amide bonds. The van der Waals surface area contributed by atoms with Crippen LogP contribution >= 0.6 is 0 Å². The summed E-state index contributed by atoms with van der Waals surface area (Å²) in [5.41, 5.74) is 5.79. The van der Waals surface area contributed by atoms with Crippen molar-refractivity contribution in [3.8, 4) is 33.8 Å². The van der Waals surface area contributed by atoms with Crippen molar-refractivity contribution in [2.75, 3.05) is 0 Å². The van der Waals surface area contributed by atoms with Crippen LogP contribution in [0.2, 0.25) is 0 Å². The molecule has 9 rings (SSSR count). The molecule has 1 fully saturated rings. The second-order valence-electron chi connectivity index (χ2n) is 15.7. The Bertz CT molecular complexity index is 2590. The van der Waals surface area contributed by atoms with Gasteiger partial charge in [0.25, 0.3) is 0 Å². The lowest BCUT2D eigenvalue weighted by Gasteiger charge is -2.35. The highest BCUT2D eigenvalue weighted by Crippen LogP contribution is 2.37. The van der Waals surface area contributed by atoms with Crippen molar-refractivity contribution in [2.24, 2.45) is 0 Å². The van der Waals surface area contributed by atoms with Crippen LogP contribution in [0.4, 0.5) is 0 Å². The SMILES string of the molecule is CC1(C)OB(c2cccc([Si](c3ccccc3)(c3ccccc3)c3ccc(-c4cnc(-c5ccc6ccccc6c5)c(-c5ccccc5)n4)cc3)c2)OC1(C)C. The van der Waals surface area contributed by atoms with Crippen LogP contribution < -0.4 is 26.2 Å². The van der Waals surface area contributed by atoms with Gasteiger partial charge in [-0.05, 0) is 70.7 Å². The molecular weight excluding hydrogens is 699 g/mol. The van der Waals surface area contributed by atoms with Crippen molar-refractivity contribution >= 4 is 52.2 Å². The van der Waals surface area contributed by atoms with Crippen LogP contribution in [0, 0.1) is 0 Å². The molecule has 7 aromatic carbocycles. The minimum Gasteiger partial charge on any atom is -0.399 e. The van der Waals surface area contributed by atoms with Gasteiger partial charge in [0.2, 0.25) is 0 Å². The Morgan fingerprint density at radius 1 is 0.446 bits per heavy atom. The molecule has 0 aliphatic carbocycles. The van der Waals surface area contributed by atoms with Gasteiger partial charge in [-0.2, -0.15) is 0 Å². The summed E-state index contributed by atoms with van der Waals surface area (Å²) in [6.45, 7) is 8.43. The van der Waals surface area contributed by atoms with Crippen molar-refractivity contribution < 1.29 is 9.31 Å². The molecule has 0 atom stereocenters. The molecule has 8 aromatic rings. The van der Waals surface area contributed by atoms with E-state index in [2.05, 4.69) is 204 Å². The first-order chi connectivity index (χ1) is 27.2. The quantitative estimate of drug-likeness (QED) is 0.116. The molecule has 0 spiro atoms. The van der Waals surface area contributed by atoms with Gasteiger partial charge in [-0.15, -0.1) is 0 Å². The minimum atomic E-state index is -2.86. The molecule has 1 saturated heterocycles. The normalized spacial score (nSPS) is 14.9. The number of fused-ring (bicyclic) bond motifs is 1. The fraction of sp³-hybridized carbons (Fsp3) is 0.120. The maximum atomic E-state index is 6.58. The highest BCUT2D eigenvalue weighted by Gasteiger charge is 2.52. The highest BCUT2D eigenvalue weighted by atomic mass is 28.3. The van der Waals surface area contributed by atoms with Crippen LogP contribution in [0.5, 0.6) is 0 Å². The van der Waals surface area contributed by atoms with Crippen molar-refractivity contribution in [2.45, 2.75) is 38.9 Å². The molecule has 0 radical (unpaired) electrons. The molecule has 272 valence electrons. The monoisotopic (exact) mass is 742 g/mol. The Morgan fingerprint density at radius 2 is 0.982 bits per heavy atom. The average Bonchev–Trinajstić information content (AvgIpc) is 3.47. The van der Waals surface area contributed by atoms with Crippen LogP contribution in [-0.4, -0.2) is 36.4 Å². The van der Waals surface area contributed by atoms with Crippen LogP contribution in [-0.2, 0) is 9.31 Å². The van der Waals surface area contributed by atoms with Crippen molar-refractivity contribution in [1.82, 2.24) is 9.97 Å². The third-order valence-corrected chi connectivity index (χ3v) is 16.5. The first-order valence-corrected chi connectivity index (χ1v) is 21.3. The van der Waals surface area contributed by atoms with Gasteiger partial charge in [0.05, 0.1) is 34.5 Å². The van der Waals surface area contributed by atoms with Crippen molar-refractivity contribution in [1.29, 1.82) is 0 Å². The molecule has 6 heteroatoms. The Morgan fingerprint density at radius 3 is 1.62 bits per heavy atom. The zero-order valence-electron chi connectivity index (χ0n) is 32.2. The van der Waals surface area contributed by atoms with Crippen LogP contribution in [0.15, 0.2) is 188 Å². The minimum absolute atomic E-state index is 0.437. The Kier molecular flexibility index (Phi) is 9.13. The maximum Gasteiger partial charge on any atom is 0.494 e. The lowest BCUT2D eigenvalue weighted by Crippen LogP contribution is -2.75. The summed E-state index contributed by atoms with van der Waals surface area (Å²) in [4.78, 5) is 10.4. The summed E-state index contributed by atoms with van der Waals surface area (Å²) in [5, 5.41) is 7.52. The molecular formula is C50H43BN2O2Si. The highest BCUT2D eigenvalue weighted by molar-refractivity contribution is 7.20. The van der Waals surface area contributed by atoms with E-state index in [1.54, 1.807) is 0 Å². The molecule has 56 heavy (non-hydrogen) atoms. The van der Waals surface area contributed by atoms with E-state index in [0.29, 0.717) is 0 Å². The van der Waals surface area contributed by atoms with Gasteiger partial charge in [-0.1, -0.05) is 176 Å². The predicted octanol–water partition coefficient (Wildman–Crippen LogP) is 8.31. The molecule has 4 nitrogen and oxygen atoms in total. The van der Waals surface area contributed by atoms with Gasteiger partial charge in [-0.25, -0.2) is 4.98 Å². The van der Waals surface area contributed by atoms with E-state index >= 15 is 0 Å². The van der Waals surface area contributed by atoms with E-state index in [1.807, 2.05) is 12.3 Å². The molecule has 1 aromatic heterocycles. The zero-order chi connectivity index (χ0) is 38.3. The molecule has 0 N–H and O–H groups in total. The summed E-state index contributed by atoms with van der Waals surface area (Å²) in [5.74, 6) is 0. The Balaban J connectivity index is 1.18. The van der Waals surface area contributed by atoms with Crippen LogP contribution in [0.3, 0.4) is 0 Å².